The van der Waals surface area contributed by atoms with E-state index in [1.165, 1.54) is 18.2 Å². The van der Waals surface area contributed by atoms with Crippen LogP contribution in [0.25, 0.3) is 0 Å². The molecule has 4 nitrogen and oxygen atoms in total. The van der Waals surface area contributed by atoms with Crippen LogP contribution >= 0.6 is 0 Å². The number of halogens is 2. The lowest BCUT2D eigenvalue weighted by atomic mass is 10.1. The van der Waals surface area contributed by atoms with Gasteiger partial charge in [-0.25, -0.2) is 8.78 Å². The quantitative estimate of drug-likeness (QED) is 0.637. The molecule has 0 bridgehead atoms. The molecule has 22 heavy (non-hydrogen) atoms. The number of guanidine groups is 1. The van der Waals surface area contributed by atoms with Crippen molar-refractivity contribution >= 4 is 5.96 Å². The second-order valence-corrected chi connectivity index (χ2v) is 4.71. The van der Waals surface area contributed by atoms with E-state index in [-0.39, 0.29) is 12.0 Å². The van der Waals surface area contributed by atoms with Crippen LogP contribution in [0, 0.1) is 11.6 Å². The number of aliphatic imine (C=N–C) groups is 1. The summed E-state index contributed by atoms with van der Waals surface area (Å²) >= 11 is 0. The summed E-state index contributed by atoms with van der Waals surface area (Å²) in [5.41, 5.74) is 0.0843. The highest BCUT2D eigenvalue weighted by Gasteiger charge is 2.08. The summed E-state index contributed by atoms with van der Waals surface area (Å²) < 4.78 is 32.2. The molecule has 2 aromatic rings. The SMILES string of the molecule is CN=C(NCCc1ccco1)NCCc1c(F)cccc1F. The Bertz CT molecular complexity index is 592. The lowest BCUT2D eigenvalue weighted by Gasteiger charge is -2.12. The number of furan rings is 1. The fourth-order valence-electron chi connectivity index (χ4n) is 2.06. The Balaban J connectivity index is 1.74. The molecule has 2 rings (SSSR count). The van der Waals surface area contributed by atoms with Crippen molar-refractivity contribution in [2.75, 3.05) is 20.1 Å². The number of rotatable bonds is 6. The van der Waals surface area contributed by atoms with Gasteiger partial charge in [0.2, 0.25) is 0 Å². The lowest BCUT2D eigenvalue weighted by molar-refractivity contribution is 0.506. The second-order valence-electron chi connectivity index (χ2n) is 4.71. The van der Waals surface area contributed by atoms with Crippen LogP contribution in [0.5, 0.6) is 0 Å². The van der Waals surface area contributed by atoms with Gasteiger partial charge in [0, 0.05) is 32.1 Å². The van der Waals surface area contributed by atoms with Gasteiger partial charge in [0.25, 0.3) is 0 Å². The third-order valence-electron chi connectivity index (χ3n) is 3.20. The molecule has 1 aromatic carbocycles. The molecular formula is C16H19F2N3O. The van der Waals surface area contributed by atoms with Crippen molar-refractivity contribution in [3.05, 3.63) is 59.6 Å². The van der Waals surface area contributed by atoms with E-state index in [2.05, 4.69) is 15.6 Å². The van der Waals surface area contributed by atoms with Crippen molar-refractivity contribution < 1.29 is 13.2 Å². The zero-order chi connectivity index (χ0) is 15.8. The molecule has 0 aliphatic rings. The second kappa shape index (κ2) is 8.17. The van der Waals surface area contributed by atoms with Gasteiger partial charge in [-0.05, 0) is 30.7 Å². The summed E-state index contributed by atoms with van der Waals surface area (Å²) in [7, 11) is 1.64. The van der Waals surface area contributed by atoms with Crippen LogP contribution in [0.2, 0.25) is 0 Å². The van der Waals surface area contributed by atoms with Gasteiger partial charge in [0.1, 0.15) is 17.4 Å². The van der Waals surface area contributed by atoms with Gasteiger partial charge < -0.3 is 15.1 Å². The summed E-state index contributed by atoms with van der Waals surface area (Å²) in [5, 5.41) is 6.14. The molecule has 0 unspecified atom stereocenters. The molecule has 0 amide bonds. The molecule has 0 aliphatic heterocycles. The average Bonchev–Trinajstić information content (AvgIpc) is 3.01. The summed E-state index contributed by atoms with van der Waals surface area (Å²) in [6.07, 6.45) is 2.61. The van der Waals surface area contributed by atoms with Crippen LogP contribution in [-0.4, -0.2) is 26.1 Å². The highest BCUT2D eigenvalue weighted by molar-refractivity contribution is 5.79. The standard InChI is InChI=1S/C16H19F2N3O/c1-19-16(20-9-7-12-4-3-11-22-12)21-10-8-13-14(17)5-2-6-15(13)18/h2-6,11H,7-10H2,1H3,(H2,19,20,21). The van der Waals surface area contributed by atoms with Crippen molar-refractivity contribution in [3.8, 4) is 0 Å². The Hall–Kier alpha value is -2.37. The van der Waals surface area contributed by atoms with Gasteiger partial charge >= 0.3 is 0 Å². The van der Waals surface area contributed by atoms with Crippen LogP contribution in [-0.2, 0) is 12.8 Å². The fourth-order valence-corrected chi connectivity index (χ4v) is 2.06. The smallest absolute Gasteiger partial charge is 0.191 e. The largest absolute Gasteiger partial charge is 0.469 e. The predicted octanol–water partition coefficient (Wildman–Crippen LogP) is 2.51. The normalized spacial score (nSPS) is 11.5. The van der Waals surface area contributed by atoms with E-state index < -0.39 is 11.6 Å². The van der Waals surface area contributed by atoms with Gasteiger partial charge in [0.15, 0.2) is 5.96 Å². The van der Waals surface area contributed by atoms with Crippen molar-refractivity contribution in [3.63, 3.8) is 0 Å². The fraction of sp³-hybridized carbons (Fsp3) is 0.312. The van der Waals surface area contributed by atoms with Crippen LogP contribution < -0.4 is 10.6 Å². The molecule has 0 saturated heterocycles. The molecule has 0 fully saturated rings. The number of hydrogen-bond donors (Lipinski definition) is 2. The minimum absolute atomic E-state index is 0.0843. The van der Waals surface area contributed by atoms with Crippen molar-refractivity contribution in [1.82, 2.24) is 10.6 Å². The minimum Gasteiger partial charge on any atom is -0.469 e. The van der Waals surface area contributed by atoms with E-state index in [0.717, 1.165) is 12.2 Å². The Morgan fingerprint density at radius 2 is 1.73 bits per heavy atom. The Labute approximate surface area is 128 Å². The summed E-state index contributed by atoms with van der Waals surface area (Å²) in [4.78, 5) is 4.06. The van der Waals surface area contributed by atoms with Gasteiger partial charge in [-0.1, -0.05) is 6.07 Å². The zero-order valence-electron chi connectivity index (χ0n) is 12.4. The zero-order valence-corrected chi connectivity index (χ0v) is 12.4. The highest BCUT2D eigenvalue weighted by atomic mass is 19.1. The first-order valence-corrected chi connectivity index (χ1v) is 7.10. The van der Waals surface area contributed by atoms with Gasteiger partial charge in [0.05, 0.1) is 6.26 Å². The summed E-state index contributed by atoms with van der Waals surface area (Å²) in [5.74, 6) is 0.421. The maximum absolute atomic E-state index is 13.5. The molecule has 2 N–H and O–H groups in total. The highest BCUT2D eigenvalue weighted by Crippen LogP contribution is 2.11. The van der Waals surface area contributed by atoms with Crippen molar-refractivity contribution in [2.24, 2.45) is 4.99 Å². The lowest BCUT2D eigenvalue weighted by Crippen LogP contribution is -2.39. The molecule has 6 heteroatoms. The Kier molecular flexibility index (Phi) is 5.94. The van der Waals surface area contributed by atoms with E-state index in [1.54, 1.807) is 13.3 Å². The number of hydrogen-bond acceptors (Lipinski definition) is 2. The third-order valence-corrected chi connectivity index (χ3v) is 3.20. The monoisotopic (exact) mass is 307 g/mol. The first kappa shape index (κ1) is 16.0. The van der Waals surface area contributed by atoms with Crippen LogP contribution in [0.3, 0.4) is 0 Å². The average molecular weight is 307 g/mol. The molecule has 1 heterocycles. The van der Waals surface area contributed by atoms with E-state index in [1.807, 2.05) is 12.1 Å². The number of nitrogens with one attached hydrogen (secondary N) is 2. The Morgan fingerprint density at radius 1 is 1.05 bits per heavy atom. The summed E-state index contributed by atoms with van der Waals surface area (Å²) in [6.45, 7) is 1.04. The molecule has 118 valence electrons. The number of nitrogens with zero attached hydrogens (tertiary/aromatic N) is 1. The topological polar surface area (TPSA) is 49.6 Å². The van der Waals surface area contributed by atoms with Crippen LogP contribution in [0.15, 0.2) is 46.0 Å². The molecule has 0 atom stereocenters. The van der Waals surface area contributed by atoms with E-state index in [9.17, 15) is 8.78 Å². The van der Waals surface area contributed by atoms with Crippen molar-refractivity contribution in [1.29, 1.82) is 0 Å². The van der Waals surface area contributed by atoms with E-state index >= 15 is 0 Å². The molecular weight excluding hydrogens is 288 g/mol. The maximum Gasteiger partial charge on any atom is 0.191 e. The van der Waals surface area contributed by atoms with E-state index in [4.69, 9.17) is 4.42 Å². The molecule has 0 aliphatic carbocycles. The maximum atomic E-state index is 13.5. The summed E-state index contributed by atoms with van der Waals surface area (Å²) in [6, 6.07) is 7.62. The van der Waals surface area contributed by atoms with Crippen LogP contribution in [0.4, 0.5) is 8.78 Å². The van der Waals surface area contributed by atoms with Gasteiger partial charge in [-0.15, -0.1) is 0 Å². The predicted molar refractivity (Wildman–Crippen MR) is 81.8 cm³/mol. The molecule has 0 spiro atoms. The third kappa shape index (κ3) is 4.58. The molecule has 0 saturated carbocycles. The minimum atomic E-state index is -0.525. The Morgan fingerprint density at radius 3 is 2.32 bits per heavy atom. The first-order chi connectivity index (χ1) is 10.7. The van der Waals surface area contributed by atoms with Crippen molar-refractivity contribution in [2.45, 2.75) is 12.8 Å². The van der Waals surface area contributed by atoms with Gasteiger partial charge in [-0.2, -0.15) is 0 Å². The number of benzene rings is 1. The van der Waals surface area contributed by atoms with E-state index in [0.29, 0.717) is 19.0 Å². The van der Waals surface area contributed by atoms with Crippen LogP contribution in [0.1, 0.15) is 11.3 Å². The molecule has 1 aromatic heterocycles. The molecule has 0 radical (unpaired) electrons. The first-order valence-electron chi connectivity index (χ1n) is 7.10. The van der Waals surface area contributed by atoms with Gasteiger partial charge in [-0.3, -0.25) is 4.99 Å².